The van der Waals surface area contributed by atoms with Crippen molar-refractivity contribution < 1.29 is 0 Å². The first kappa shape index (κ1) is 7.85. The predicted octanol–water partition coefficient (Wildman–Crippen LogP) is 0.759. The number of pyridine rings is 1. The van der Waals surface area contributed by atoms with E-state index in [1.807, 2.05) is 19.9 Å². The second-order valence-electron chi connectivity index (χ2n) is 2.50. The van der Waals surface area contributed by atoms with Gasteiger partial charge in [-0.15, -0.1) is 0 Å². The van der Waals surface area contributed by atoms with Crippen molar-refractivity contribution in [3.05, 3.63) is 28.2 Å². The summed E-state index contributed by atoms with van der Waals surface area (Å²) in [5.74, 6) is 0. The zero-order valence-electron chi connectivity index (χ0n) is 6.79. The molecule has 0 atom stereocenters. The molecule has 0 unspecified atom stereocenters. The van der Waals surface area contributed by atoms with Gasteiger partial charge in [0.05, 0.1) is 0 Å². The molecule has 1 heterocycles. The second kappa shape index (κ2) is 2.78. The molecule has 0 spiro atoms. The van der Waals surface area contributed by atoms with E-state index in [-0.39, 0.29) is 5.56 Å². The van der Waals surface area contributed by atoms with E-state index in [1.165, 1.54) is 0 Å². The van der Waals surface area contributed by atoms with Crippen LogP contribution in [0.4, 0.5) is 5.69 Å². The smallest absolute Gasteiger partial charge is 0.273 e. The zero-order valence-corrected chi connectivity index (χ0v) is 6.79. The number of hydrogen-bond donors (Lipinski definition) is 1. The van der Waals surface area contributed by atoms with Gasteiger partial charge in [0.15, 0.2) is 0 Å². The summed E-state index contributed by atoms with van der Waals surface area (Å²) in [7, 11) is 0. The van der Waals surface area contributed by atoms with Crippen LogP contribution in [0, 0.1) is 6.92 Å². The van der Waals surface area contributed by atoms with Gasteiger partial charge in [-0.2, -0.15) is 0 Å². The first-order valence-corrected chi connectivity index (χ1v) is 3.62. The molecule has 1 aromatic rings. The van der Waals surface area contributed by atoms with Crippen LogP contribution in [0.1, 0.15) is 12.5 Å². The Morgan fingerprint density at radius 2 is 2.27 bits per heavy atom. The highest BCUT2D eigenvalue weighted by Crippen LogP contribution is 2.01. The molecule has 3 heteroatoms. The molecule has 0 amide bonds. The van der Waals surface area contributed by atoms with Gasteiger partial charge in [0, 0.05) is 12.7 Å². The molecule has 0 radical (unpaired) electrons. The molecular formula is C8H12N2O. The maximum absolute atomic E-state index is 11.3. The van der Waals surface area contributed by atoms with E-state index >= 15 is 0 Å². The normalized spacial score (nSPS) is 10.0. The van der Waals surface area contributed by atoms with E-state index in [2.05, 4.69) is 0 Å². The number of hydrogen-bond acceptors (Lipinski definition) is 2. The molecule has 3 nitrogen and oxygen atoms in total. The van der Waals surface area contributed by atoms with Gasteiger partial charge >= 0.3 is 0 Å². The van der Waals surface area contributed by atoms with Crippen molar-refractivity contribution in [3.8, 4) is 0 Å². The molecule has 0 aliphatic rings. The third-order valence-corrected chi connectivity index (χ3v) is 1.76. The fourth-order valence-electron chi connectivity index (χ4n) is 0.932. The Labute approximate surface area is 65.5 Å². The Bertz CT molecular complexity index is 314. The van der Waals surface area contributed by atoms with Gasteiger partial charge in [-0.25, -0.2) is 0 Å². The fourth-order valence-corrected chi connectivity index (χ4v) is 0.932. The van der Waals surface area contributed by atoms with Crippen LogP contribution in [-0.4, -0.2) is 4.57 Å². The number of aryl methyl sites for hydroxylation is 2. The van der Waals surface area contributed by atoms with E-state index in [0.717, 1.165) is 5.56 Å². The van der Waals surface area contributed by atoms with Crippen molar-refractivity contribution in [1.29, 1.82) is 0 Å². The Balaban J connectivity index is 3.37. The van der Waals surface area contributed by atoms with Gasteiger partial charge in [-0.3, -0.25) is 4.79 Å². The standard InChI is InChI=1S/C8H12N2O/c1-3-10-5-4-6(2)7(9)8(10)11/h4-5H,3,9H2,1-2H3. The van der Waals surface area contributed by atoms with E-state index in [0.29, 0.717) is 12.2 Å². The van der Waals surface area contributed by atoms with Gasteiger partial charge < -0.3 is 10.3 Å². The molecule has 0 aliphatic carbocycles. The maximum Gasteiger partial charge on any atom is 0.273 e. The van der Waals surface area contributed by atoms with Gasteiger partial charge in [-0.1, -0.05) is 0 Å². The number of nitrogen functional groups attached to an aromatic ring is 1. The van der Waals surface area contributed by atoms with Gasteiger partial charge in [0.2, 0.25) is 0 Å². The van der Waals surface area contributed by atoms with Crippen molar-refractivity contribution >= 4 is 5.69 Å². The van der Waals surface area contributed by atoms with Crippen LogP contribution in [-0.2, 0) is 6.54 Å². The Hall–Kier alpha value is -1.25. The minimum atomic E-state index is -0.0903. The van der Waals surface area contributed by atoms with Gasteiger partial charge in [-0.05, 0) is 25.5 Å². The molecule has 1 aromatic heterocycles. The van der Waals surface area contributed by atoms with Crippen LogP contribution in [0.2, 0.25) is 0 Å². The summed E-state index contributed by atoms with van der Waals surface area (Å²) >= 11 is 0. The van der Waals surface area contributed by atoms with E-state index in [4.69, 9.17) is 5.73 Å². The van der Waals surface area contributed by atoms with Crippen molar-refractivity contribution in [2.24, 2.45) is 0 Å². The van der Waals surface area contributed by atoms with Crippen LogP contribution in [0.5, 0.6) is 0 Å². The highest BCUT2D eigenvalue weighted by Gasteiger charge is 1.99. The largest absolute Gasteiger partial charge is 0.394 e. The molecule has 0 saturated heterocycles. The SMILES string of the molecule is CCn1ccc(C)c(N)c1=O. The van der Waals surface area contributed by atoms with E-state index in [1.54, 1.807) is 10.8 Å². The number of nitrogens with two attached hydrogens (primary N) is 1. The molecule has 0 fully saturated rings. The molecule has 2 N–H and O–H groups in total. The number of anilines is 1. The molecule has 11 heavy (non-hydrogen) atoms. The van der Waals surface area contributed by atoms with Crippen molar-refractivity contribution in [2.45, 2.75) is 20.4 Å². The van der Waals surface area contributed by atoms with Crippen LogP contribution in [0.15, 0.2) is 17.1 Å². The first-order chi connectivity index (χ1) is 5.16. The maximum atomic E-state index is 11.3. The summed E-state index contributed by atoms with van der Waals surface area (Å²) in [5.41, 5.74) is 6.64. The third-order valence-electron chi connectivity index (χ3n) is 1.76. The van der Waals surface area contributed by atoms with Crippen LogP contribution < -0.4 is 11.3 Å². The monoisotopic (exact) mass is 152 g/mol. The lowest BCUT2D eigenvalue weighted by Gasteiger charge is -2.03. The lowest BCUT2D eigenvalue weighted by molar-refractivity contribution is 0.728. The van der Waals surface area contributed by atoms with Crippen LogP contribution in [0.3, 0.4) is 0 Å². The quantitative estimate of drug-likeness (QED) is 0.645. The number of aromatic nitrogens is 1. The topological polar surface area (TPSA) is 48.0 Å². The lowest BCUT2D eigenvalue weighted by atomic mass is 10.2. The predicted molar refractivity (Wildman–Crippen MR) is 45.5 cm³/mol. The molecule has 1 rings (SSSR count). The van der Waals surface area contributed by atoms with Crippen molar-refractivity contribution in [3.63, 3.8) is 0 Å². The number of nitrogens with zero attached hydrogens (tertiary/aromatic N) is 1. The summed E-state index contributed by atoms with van der Waals surface area (Å²) in [4.78, 5) is 11.3. The molecular weight excluding hydrogens is 140 g/mol. The van der Waals surface area contributed by atoms with Crippen molar-refractivity contribution in [1.82, 2.24) is 4.57 Å². The number of rotatable bonds is 1. The van der Waals surface area contributed by atoms with Crippen LogP contribution in [0.25, 0.3) is 0 Å². The highest BCUT2D eigenvalue weighted by molar-refractivity contribution is 5.42. The molecule has 0 aliphatic heterocycles. The minimum absolute atomic E-state index is 0.0903. The molecule has 60 valence electrons. The lowest BCUT2D eigenvalue weighted by Crippen LogP contribution is -2.22. The van der Waals surface area contributed by atoms with Crippen molar-refractivity contribution in [2.75, 3.05) is 5.73 Å². The first-order valence-electron chi connectivity index (χ1n) is 3.62. The molecule has 0 aromatic carbocycles. The van der Waals surface area contributed by atoms with E-state index < -0.39 is 0 Å². The second-order valence-corrected chi connectivity index (χ2v) is 2.50. The molecule has 0 saturated carbocycles. The summed E-state index contributed by atoms with van der Waals surface area (Å²) in [6.45, 7) is 4.41. The average Bonchev–Trinajstić information content (AvgIpc) is 2.01. The Kier molecular flexibility index (Phi) is 1.98. The zero-order chi connectivity index (χ0) is 8.43. The van der Waals surface area contributed by atoms with E-state index in [9.17, 15) is 4.79 Å². The highest BCUT2D eigenvalue weighted by atomic mass is 16.1. The average molecular weight is 152 g/mol. The summed E-state index contributed by atoms with van der Waals surface area (Å²) in [6.07, 6.45) is 1.76. The summed E-state index contributed by atoms with van der Waals surface area (Å²) < 4.78 is 1.59. The summed E-state index contributed by atoms with van der Waals surface area (Å²) in [5, 5.41) is 0. The molecule has 0 bridgehead atoms. The van der Waals surface area contributed by atoms with Crippen LogP contribution >= 0.6 is 0 Å². The minimum Gasteiger partial charge on any atom is -0.394 e. The summed E-state index contributed by atoms with van der Waals surface area (Å²) in [6, 6.07) is 1.85. The fraction of sp³-hybridized carbons (Fsp3) is 0.375. The Morgan fingerprint density at radius 1 is 1.64 bits per heavy atom. The van der Waals surface area contributed by atoms with Gasteiger partial charge in [0.25, 0.3) is 5.56 Å². The Morgan fingerprint density at radius 3 is 2.82 bits per heavy atom. The third kappa shape index (κ3) is 1.27. The van der Waals surface area contributed by atoms with Gasteiger partial charge in [0.1, 0.15) is 5.69 Å².